The first kappa shape index (κ1) is 38.0. The van der Waals surface area contributed by atoms with Crippen LogP contribution in [-0.2, 0) is 0 Å². The highest BCUT2D eigenvalue weighted by molar-refractivity contribution is 6.26. The lowest BCUT2D eigenvalue weighted by molar-refractivity contribution is 0.0879. The summed E-state index contributed by atoms with van der Waals surface area (Å²) in [6.07, 6.45) is 12.1. The first-order valence-corrected chi connectivity index (χ1v) is 21.2. The molecule has 2 saturated heterocycles. The van der Waals surface area contributed by atoms with Crippen molar-refractivity contribution in [3.05, 3.63) is 96.6 Å². The number of ether oxygens (including phenoxy) is 2. The predicted octanol–water partition coefficient (Wildman–Crippen LogP) is 7.65. The van der Waals surface area contributed by atoms with Crippen molar-refractivity contribution in [2.24, 2.45) is 11.8 Å². The Kier molecular flexibility index (Phi) is 10.2. The highest BCUT2D eigenvalue weighted by atomic mass is 16.5. The van der Waals surface area contributed by atoms with E-state index in [1.165, 1.54) is 25.7 Å². The number of likely N-dealkylation sites (tertiary alicyclic amines) is 2. The van der Waals surface area contributed by atoms with Crippen LogP contribution in [0, 0.1) is 11.8 Å². The van der Waals surface area contributed by atoms with Crippen molar-refractivity contribution in [3.8, 4) is 11.5 Å². The Labute approximate surface area is 347 Å². The van der Waals surface area contributed by atoms with E-state index in [0.717, 1.165) is 128 Å². The molecular weight excluding hydrogens is 753 g/mol. The van der Waals surface area contributed by atoms with Gasteiger partial charge in [-0.3, -0.25) is 19.6 Å². The molecule has 4 aromatic heterocycles. The van der Waals surface area contributed by atoms with E-state index >= 15 is 0 Å². The number of carbonyl (C=O) groups excluding carboxylic acids is 2. The van der Waals surface area contributed by atoms with Crippen LogP contribution in [0.15, 0.2) is 85.5 Å². The maximum Gasteiger partial charge on any atom is 0.253 e. The minimum absolute atomic E-state index is 0.0715. The lowest BCUT2D eigenvalue weighted by Gasteiger charge is -2.40. The molecule has 2 amide bonds. The summed E-state index contributed by atoms with van der Waals surface area (Å²) in [5.41, 5.74) is 4.84. The fourth-order valence-electron chi connectivity index (χ4n) is 9.99. The number of nitrogens with one attached hydrogen (secondary N) is 4. The molecular formula is C48H50N8O4. The van der Waals surface area contributed by atoms with Crippen molar-refractivity contribution in [1.29, 1.82) is 0 Å². The Hall–Kier alpha value is -6.24. The number of nitrogens with zero attached hydrogens (tertiary/aromatic N) is 4. The van der Waals surface area contributed by atoms with Gasteiger partial charge in [0.2, 0.25) is 0 Å². The van der Waals surface area contributed by atoms with E-state index in [1.54, 1.807) is 26.6 Å². The Bertz CT molecular complexity index is 2710. The lowest BCUT2D eigenvalue weighted by Crippen LogP contribution is -2.44. The third kappa shape index (κ3) is 7.03. The second-order valence-corrected chi connectivity index (χ2v) is 16.5. The molecule has 10 rings (SSSR count). The summed E-state index contributed by atoms with van der Waals surface area (Å²) in [6, 6.07) is 19.8. The Morgan fingerprint density at radius 2 is 1.05 bits per heavy atom. The van der Waals surface area contributed by atoms with E-state index < -0.39 is 0 Å². The molecule has 0 radical (unpaired) electrons. The molecule has 4 aromatic carbocycles. The summed E-state index contributed by atoms with van der Waals surface area (Å²) in [6.45, 7) is 7.12. The topological polar surface area (TPSA) is 141 Å². The predicted molar refractivity (Wildman–Crippen MR) is 238 cm³/mol. The van der Waals surface area contributed by atoms with E-state index in [2.05, 4.69) is 40.4 Å². The number of aromatic amines is 2. The maximum atomic E-state index is 13.7. The summed E-state index contributed by atoms with van der Waals surface area (Å²) < 4.78 is 11.0. The Morgan fingerprint density at radius 1 is 0.617 bits per heavy atom. The van der Waals surface area contributed by atoms with Gasteiger partial charge in [0.1, 0.15) is 11.5 Å². The molecule has 12 nitrogen and oxygen atoms in total. The van der Waals surface area contributed by atoms with E-state index in [-0.39, 0.29) is 11.8 Å². The van der Waals surface area contributed by atoms with Gasteiger partial charge < -0.3 is 39.9 Å². The number of amides is 2. The number of methoxy groups -OCH3 is 2. The van der Waals surface area contributed by atoms with Crippen LogP contribution in [-0.4, -0.2) is 108 Å². The van der Waals surface area contributed by atoms with Gasteiger partial charge in [0.05, 0.1) is 36.4 Å². The first-order valence-electron chi connectivity index (χ1n) is 21.2. The van der Waals surface area contributed by atoms with Crippen LogP contribution in [0.2, 0.25) is 0 Å². The zero-order valence-corrected chi connectivity index (χ0v) is 34.1. The molecule has 8 aromatic rings. The molecule has 0 bridgehead atoms. The largest absolute Gasteiger partial charge is 0.497 e. The molecule has 2 aliphatic rings. The highest BCUT2D eigenvalue weighted by Gasteiger charge is 2.30. The van der Waals surface area contributed by atoms with Crippen LogP contribution in [0.3, 0.4) is 0 Å². The number of hydrogen-bond donors (Lipinski definition) is 4. The van der Waals surface area contributed by atoms with Crippen molar-refractivity contribution < 1.29 is 19.1 Å². The number of pyridine rings is 2. The molecule has 0 saturated carbocycles. The number of hydrogen-bond acceptors (Lipinski definition) is 8. The molecule has 2 fully saturated rings. The van der Waals surface area contributed by atoms with Crippen LogP contribution >= 0.6 is 0 Å². The molecule has 0 spiro atoms. The van der Waals surface area contributed by atoms with Gasteiger partial charge in [0, 0.05) is 94.3 Å². The van der Waals surface area contributed by atoms with Crippen LogP contribution in [0.4, 0.5) is 0 Å². The van der Waals surface area contributed by atoms with Crippen molar-refractivity contribution >= 4 is 77.0 Å². The Balaban J connectivity index is 0.700. The minimum Gasteiger partial charge on any atom is -0.497 e. The molecule has 0 aliphatic carbocycles. The summed E-state index contributed by atoms with van der Waals surface area (Å²) in [7, 11) is 3.33. The van der Waals surface area contributed by atoms with Gasteiger partial charge >= 0.3 is 0 Å². The standard InChI is InChI=1S/C48H50N8O4/c1-59-33-3-5-41-35(25-33)43-39-27-49-13-7-31(39)23-37(45(43)53-41)47(57)51-15-21-55-17-9-29(10-18-55)30-11-19-56(20-12-30)22-16-52-48(58)38-24-32-8-14-50-28-40(32)44-36-26-34(60-2)4-6-42(36)54-46(38)44/h3-8,13-14,23-30,53-54H,9-12,15-22H2,1-2H3,(H,51,57)(H,52,58). The zero-order chi connectivity index (χ0) is 40.7. The number of H-pyrrole nitrogens is 2. The maximum absolute atomic E-state index is 13.7. The van der Waals surface area contributed by atoms with Crippen molar-refractivity contribution in [3.63, 3.8) is 0 Å². The van der Waals surface area contributed by atoms with Gasteiger partial charge in [-0.05, 0) is 135 Å². The Morgan fingerprint density at radius 3 is 1.47 bits per heavy atom. The number of piperidine rings is 2. The third-order valence-electron chi connectivity index (χ3n) is 13.2. The molecule has 2 aliphatic heterocycles. The van der Waals surface area contributed by atoms with Crippen LogP contribution < -0.4 is 20.1 Å². The zero-order valence-electron chi connectivity index (χ0n) is 34.1. The SMILES string of the molecule is COc1ccc2[nH]c3c(C(=O)NCCN4CCC(C5CCN(CCNC(=O)c6cc7ccncc7c7c6[nH]c6ccc(OC)cc67)CC5)CC4)cc4ccncc4c3c2c1. The van der Waals surface area contributed by atoms with Gasteiger partial charge in [-0.2, -0.15) is 0 Å². The number of fused-ring (bicyclic) bond motifs is 10. The van der Waals surface area contributed by atoms with E-state index in [0.29, 0.717) is 24.2 Å². The monoisotopic (exact) mass is 802 g/mol. The lowest BCUT2D eigenvalue weighted by atomic mass is 9.79. The molecule has 306 valence electrons. The van der Waals surface area contributed by atoms with Gasteiger partial charge in [-0.15, -0.1) is 0 Å². The van der Waals surface area contributed by atoms with Crippen LogP contribution in [0.25, 0.3) is 65.2 Å². The average Bonchev–Trinajstić information content (AvgIpc) is 3.88. The van der Waals surface area contributed by atoms with Crippen LogP contribution in [0.5, 0.6) is 11.5 Å². The van der Waals surface area contributed by atoms with Gasteiger partial charge in [0.15, 0.2) is 0 Å². The van der Waals surface area contributed by atoms with Crippen LogP contribution in [0.1, 0.15) is 46.4 Å². The van der Waals surface area contributed by atoms with Crippen molar-refractivity contribution in [2.45, 2.75) is 25.7 Å². The summed E-state index contributed by atoms with van der Waals surface area (Å²) >= 11 is 0. The number of carbonyl (C=O) groups is 2. The highest BCUT2D eigenvalue weighted by Crippen LogP contribution is 2.38. The third-order valence-corrected chi connectivity index (χ3v) is 13.2. The molecule has 4 N–H and O–H groups in total. The fourth-order valence-corrected chi connectivity index (χ4v) is 9.99. The van der Waals surface area contributed by atoms with Gasteiger partial charge in [-0.25, -0.2) is 0 Å². The van der Waals surface area contributed by atoms with Crippen molar-refractivity contribution in [1.82, 2.24) is 40.4 Å². The van der Waals surface area contributed by atoms with E-state index in [1.807, 2.05) is 73.1 Å². The molecule has 12 heteroatoms. The minimum atomic E-state index is -0.0715. The number of aromatic nitrogens is 4. The fraction of sp³-hybridized carbons (Fsp3) is 0.333. The van der Waals surface area contributed by atoms with E-state index in [9.17, 15) is 9.59 Å². The summed E-state index contributed by atoms with van der Waals surface area (Å²) in [5.74, 6) is 2.88. The molecule has 6 heterocycles. The number of benzene rings is 4. The first-order chi connectivity index (χ1) is 29.4. The number of rotatable bonds is 11. The van der Waals surface area contributed by atoms with E-state index in [4.69, 9.17) is 9.47 Å². The summed E-state index contributed by atoms with van der Waals surface area (Å²) in [4.78, 5) is 48.2. The van der Waals surface area contributed by atoms with Crippen molar-refractivity contribution in [2.75, 3.05) is 66.6 Å². The normalized spacial score (nSPS) is 16.1. The second kappa shape index (κ2) is 16.1. The molecule has 0 unspecified atom stereocenters. The smallest absolute Gasteiger partial charge is 0.253 e. The molecule has 0 atom stereocenters. The second-order valence-electron chi connectivity index (χ2n) is 16.5. The average molecular weight is 803 g/mol. The molecule has 60 heavy (non-hydrogen) atoms. The van der Waals surface area contributed by atoms with Gasteiger partial charge in [-0.1, -0.05) is 0 Å². The van der Waals surface area contributed by atoms with Gasteiger partial charge in [0.25, 0.3) is 11.8 Å². The summed E-state index contributed by atoms with van der Waals surface area (Å²) in [5, 5.41) is 14.4. The quantitative estimate of drug-likeness (QED) is 0.105.